The maximum atomic E-state index is 6.09. The molecule has 4 rings (SSSR count). The lowest BCUT2D eigenvalue weighted by atomic mass is 10.0. The molecule has 0 aliphatic rings. The van der Waals surface area contributed by atoms with Gasteiger partial charge in [0.25, 0.3) is 0 Å². The average Bonchev–Trinajstić information content (AvgIpc) is 3.15. The maximum Gasteiger partial charge on any atom is 0.147 e. The van der Waals surface area contributed by atoms with E-state index in [-0.39, 0.29) is 0 Å². The smallest absolute Gasteiger partial charge is 0.147 e. The van der Waals surface area contributed by atoms with Crippen LogP contribution in [0.25, 0.3) is 11.0 Å². The first-order valence-corrected chi connectivity index (χ1v) is 11.4. The maximum absolute atomic E-state index is 6.09. The van der Waals surface area contributed by atoms with Crippen molar-refractivity contribution in [2.24, 2.45) is 0 Å². The fourth-order valence-electron chi connectivity index (χ4n) is 3.87. The van der Waals surface area contributed by atoms with E-state index >= 15 is 0 Å². The van der Waals surface area contributed by atoms with Crippen molar-refractivity contribution in [1.82, 2.24) is 9.55 Å². The summed E-state index contributed by atoms with van der Waals surface area (Å²) in [7, 11) is 0. The van der Waals surface area contributed by atoms with Crippen LogP contribution in [-0.4, -0.2) is 16.2 Å². The Hall–Kier alpha value is -3.27. The van der Waals surface area contributed by atoms with E-state index in [1.807, 2.05) is 30.3 Å². The summed E-state index contributed by atoms with van der Waals surface area (Å²) in [5.74, 6) is 3.28. The van der Waals surface area contributed by atoms with Crippen molar-refractivity contribution in [3.63, 3.8) is 0 Å². The SMILES string of the molecule is Cc1cccc(OCCCn2c(COc3ccc(C(C)C)cc3)nc3ccccc32)c1C. The summed E-state index contributed by atoms with van der Waals surface area (Å²) in [5, 5.41) is 0. The third-order valence-electron chi connectivity index (χ3n) is 5.99. The molecule has 0 amide bonds. The molecule has 1 heterocycles. The molecule has 0 unspecified atom stereocenters. The summed E-state index contributed by atoms with van der Waals surface area (Å²) in [5.41, 5.74) is 5.90. The Kier molecular flexibility index (Phi) is 6.79. The highest BCUT2D eigenvalue weighted by Crippen LogP contribution is 2.23. The second-order valence-corrected chi connectivity index (χ2v) is 8.58. The summed E-state index contributed by atoms with van der Waals surface area (Å²) >= 11 is 0. The molecule has 0 saturated heterocycles. The first-order valence-electron chi connectivity index (χ1n) is 11.4. The zero-order valence-electron chi connectivity index (χ0n) is 19.5. The number of nitrogens with zero attached hydrogens (tertiary/aromatic N) is 2. The molecule has 0 bridgehead atoms. The molecule has 0 spiro atoms. The number of aromatic nitrogens is 2. The number of para-hydroxylation sites is 2. The first-order chi connectivity index (χ1) is 15.5. The first kappa shape index (κ1) is 21.9. The van der Waals surface area contributed by atoms with Gasteiger partial charge in [0.1, 0.15) is 23.9 Å². The fraction of sp³-hybridized carbons (Fsp3) is 0.321. The van der Waals surface area contributed by atoms with Crippen molar-refractivity contribution in [3.8, 4) is 11.5 Å². The van der Waals surface area contributed by atoms with Crippen molar-refractivity contribution in [2.45, 2.75) is 53.2 Å². The summed E-state index contributed by atoms with van der Waals surface area (Å²) in [6, 6.07) is 22.8. The predicted octanol–water partition coefficient (Wildman–Crippen LogP) is 6.82. The fourth-order valence-corrected chi connectivity index (χ4v) is 3.87. The largest absolute Gasteiger partial charge is 0.493 e. The van der Waals surface area contributed by atoms with Crippen molar-refractivity contribution in [2.75, 3.05) is 6.61 Å². The number of imidazole rings is 1. The third kappa shape index (κ3) is 4.96. The number of benzene rings is 3. The Morgan fingerprint density at radius 2 is 1.66 bits per heavy atom. The average molecular weight is 429 g/mol. The minimum atomic E-state index is 0.438. The Balaban J connectivity index is 1.43. The molecule has 166 valence electrons. The van der Waals surface area contributed by atoms with Gasteiger partial charge in [0.05, 0.1) is 17.6 Å². The highest BCUT2D eigenvalue weighted by molar-refractivity contribution is 5.75. The number of ether oxygens (including phenoxy) is 2. The Labute approximate surface area is 190 Å². The monoisotopic (exact) mass is 428 g/mol. The van der Waals surface area contributed by atoms with Crippen LogP contribution in [0.2, 0.25) is 0 Å². The van der Waals surface area contributed by atoms with E-state index < -0.39 is 0 Å². The Morgan fingerprint density at radius 3 is 2.44 bits per heavy atom. The van der Waals surface area contributed by atoms with Gasteiger partial charge in [-0.1, -0.05) is 50.2 Å². The van der Waals surface area contributed by atoms with Gasteiger partial charge in [0.2, 0.25) is 0 Å². The molecule has 4 heteroatoms. The zero-order valence-corrected chi connectivity index (χ0v) is 19.5. The van der Waals surface area contributed by atoms with Crippen LogP contribution in [0.3, 0.4) is 0 Å². The molecular weight excluding hydrogens is 396 g/mol. The van der Waals surface area contributed by atoms with E-state index in [0.29, 0.717) is 19.1 Å². The molecule has 0 saturated carbocycles. The van der Waals surface area contributed by atoms with Crippen LogP contribution >= 0.6 is 0 Å². The Bertz CT molecular complexity index is 1180. The van der Waals surface area contributed by atoms with Gasteiger partial charge in [-0.05, 0) is 73.2 Å². The summed E-state index contributed by atoms with van der Waals surface area (Å²) < 4.78 is 14.4. The van der Waals surface area contributed by atoms with Gasteiger partial charge in [-0.3, -0.25) is 0 Å². The van der Waals surface area contributed by atoms with Crippen molar-refractivity contribution >= 4 is 11.0 Å². The molecule has 0 fully saturated rings. The number of fused-ring (bicyclic) bond motifs is 1. The molecule has 0 aliphatic heterocycles. The quantitative estimate of drug-likeness (QED) is 0.274. The van der Waals surface area contributed by atoms with Crippen LogP contribution < -0.4 is 9.47 Å². The van der Waals surface area contributed by atoms with Gasteiger partial charge in [-0.25, -0.2) is 4.98 Å². The van der Waals surface area contributed by atoms with Crippen LogP contribution in [-0.2, 0) is 13.2 Å². The number of aryl methyl sites for hydroxylation is 2. The second-order valence-electron chi connectivity index (χ2n) is 8.58. The normalized spacial score (nSPS) is 11.3. The van der Waals surface area contributed by atoms with Gasteiger partial charge in [-0.2, -0.15) is 0 Å². The minimum absolute atomic E-state index is 0.438. The molecule has 0 radical (unpaired) electrons. The number of rotatable bonds is 9. The molecule has 1 aromatic heterocycles. The number of hydrogen-bond donors (Lipinski definition) is 0. The van der Waals surface area contributed by atoms with Crippen molar-refractivity contribution in [1.29, 1.82) is 0 Å². The molecule has 0 N–H and O–H groups in total. The number of hydrogen-bond acceptors (Lipinski definition) is 3. The van der Waals surface area contributed by atoms with Crippen molar-refractivity contribution in [3.05, 3.63) is 89.2 Å². The van der Waals surface area contributed by atoms with Crippen molar-refractivity contribution < 1.29 is 9.47 Å². The predicted molar refractivity (Wildman–Crippen MR) is 131 cm³/mol. The highest BCUT2D eigenvalue weighted by atomic mass is 16.5. The van der Waals surface area contributed by atoms with E-state index in [9.17, 15) is 0 Å². The molecular formula is C28H32N2O2. The standard InChI is InChI=1S/C28H32N2O2/c1-20(2)23-13-15-24(16-14-23)32-19-28-29-25-10-5-6-11-26(25)30(28)17-8-18-31-27-12-7-9-21(3)22(27)4/h5-7,9-16,20H,8,17-19H2,1-4H3. The molecule has 32 heavy (non-hydrogen) atoms. The van der Waals surface area contributed by atoms with E-state index in [4.69, 9.17) is 14.5 Å². The molecule has 4 aromatic rings. The second kappa shape index (κ2) is 9.90. The molecule has 4 nitrogen and oxygen atoms in total. The lowest BCUT2D eigenvalue weighted by molar-refractivity contribution is 0.279. The van der Waals surface area contributed by atoms with Gasteiger partial charge >= 0.3 is 0 Å². The van der Waals surface area contributed by atoms with E-state index in [1.54, 1.807) is 0 Å². The van der Waals surface area contributed by atoms with Gasteiger partial charge < -0.3 is 14.0 Å². The molecule has 0 aliphatic carbocycles. The van der Waals surface area contributed by atoms with Crippen LogP contribution in [0.4, 0.5) is 0 Å². The minimum Gasteiger partial charge on any atom is -0.493 e. The molecule has 3 aromatic carbocycles. The Morgan fingerprint density at radius 1 is 0.875 bits per heavy atom. The van der Waals surface area contributed by atoms with E-state index in [0.717, 1.165) is 41.3 Å². The van der Waals surface area contributed by atoms with E-state index in [1.165, 1.54) is 16.7 Å². The lowest BCUT2D eigenvalue weighted by Gasteiger charge is -2.13. The zero-order chi connectivity index (χ0) is 22.5. The topological polar surface area (TPSA) is 36.3 Å². The molecule has 0 atom stereocenters. The van der Waals surface area contributed by atoms with Gasteiger partial charge in [-0.15, -0.1) is 0 Å². The summed E-state index contributed by atoms with van der Waals surface area (Å²) in [4.78, 5) is 4.83. The lowest BCUT2D eigenvalue weighted by Crippen LogP contribution is -2.10. The summed E-state index contributed by atoms with van der Waals surface area (Å²) in [6.45, 7) is 10.5. The van der Waals surface area contributed by atoms with Gasteiger partial charge in [0.15, 0.2) is 0 Å². The highest BCUT2D eigenvalue weighted by Gasteiger charge is 2.12. The van der Waals surface area contributed by atoms with Crippen LogP contribution in [0.1, 0.15) is 48.7 Å². The van der Waals surface area contributed by atoms with Crippen LogP contribution in [0, 0.1) is 13.8 Å². The van der Waals surface area contributed by atoms with Crippen LogP contribution in [0.5, 0.6) is 11.5 Å². The van der Waals surface area contributed by atoms with Crippen LogP contribution in [0.15, 0.2) is 66.7 Å². The van der Waals surface area contributed by atoms with Gasteiger partial charge in [0, 0.05) is 6.54 Å². The summed E-state index contributed by atoms with van der Waals surface area (Å²) in [6.07, 6.45) is 0.893. The van der Waals surface area contributed by atoms with E-state index in [2.05, 4.69) is 68.7 Å². The third-order valence-corrected chi connectivity index (χ3v) is 5.99.